The standard InChI is InChI=1S/C41H36BCl2N3O10/c1-55-25-10-7-21(8-11-25)41-29(38(50)47(40(41)52)45-31-14-9-23(43)18-30(31)44)19-28-26(35(41)20-15-32(56-2)36(48)33(16-20)57-3)12-13-27-34(28)39(51)46(37(27)49)24-6-4-5-22(17-24)42(53)54/h4-12,14-18,27-29,34-35,45,48,53-54H,13,19H2,1-3H3. The molecule has 8 rings (SSSR count). The first-order valence-electron chi connectivity index (χ1n) is 18.1. The second-order valence-corrected chi connectivity index (χ2v) is 15.3. The number of carbonyl (C=O) groups is 4. The fourth-order valence-electron chi connectivity index (χ4n) is 9.38. The average molecular weight is 812 g/mol. The molecule has 6 atom stereocenters. The van der Waals surface area contributed by atoms with Crippen molar-refractivity contribution in [3.8, 4) is 23.0 Å². The predicted octanol–water partition coefficient (Wildman–Crippen LogP) is 4.59. The van der Waals surface area contributed by atoms with Crippen LogP contribution in [0.4, 0.5) is 11.4 Å². The molecule has 13 nitrogen and oxygen atoms in total. The van der Waals surface area contributed by atoms with Gasteiger partial charge in [-0.3, -0.25) is 29.5 Å². The van der Waals surface area contributed by atoms with Crippen LogP contribution in [0, 0.1) is 23.7 Å². The Morgan fingerprint density at radius 1 is 0.825 bits per heavy atom. The number of ether oxygens (including phenoxy) is 3. The van der Waals surface area contributed by atoms with E-state index in [0.29, 0.717) is 27.5 Å². The van der Waals surface area contributed by atoms with Gasteiger partial charge in [0.15, 0.2) is 11.5 Å². The number of allylic oxidation sites excluding steroid dienone is 2. The van der Waals surface area contributed by atoms with Gasteiger partial charge in [0.1, 0.15) is 5.75 Å². The number of hydrogen-bond acceptors (Lipinski definition) is 11. The van der Waals surface area contributed by atoms with Gasteiger partial charge in [-0.05, 0) is 89.9 Å². The maximum absolute atomic E-state index is 15.5. The number of anilines is 2. The van der Waals surface area contributed by atoms with Crippen LogP contribution in [-0.2, 0) is 24.6 Å². The van der Waals surface area contributed by atoms with E-state index in [-0.39, 0.29) is 52.0 Å². The minimum atomic E-state index is -1.83. The van der Waals surface area contributed by atoms with Gasteiger partial charge in [-0.2, -0.15) is 5.01 Å². The molecule has 3 fully saturated rings. The third-order valence-electron chi connectivity index (χ3n) is 11.8. The fourth-order valence-corrected chi connectivity index (χ4v) is 9.83. The number of nitrogens with zero attached hydrogens (tertiary/aromatic N) is 2. The summed E-state index contributed by atoms with van der Waals surface area (Å²) in [4.78, 5) is 60.5. The lowest BCUT2D eigenvalue weighted by Crippen LogP contribution is -2.53. The quantitative estimate of drug-likeness (QED) is 0.106. The number of aromatic hydroxyl groups is 1. The normalized spacial score (nSPS) is 25.1. The van der Waals surface area contributed by atoms with Gasteiger partial charge < -0.3 is 29.4 Å². The van der Waals surface area contributed by atoms with Gasteiger partial charge in [0, 0.05) is 10.9 Å². The summed E-state index contributed by atoms with van der Waals surface area (Å²) in [6.45, 7) is 0. The number of phenolic OH excluding ortho intramolecular Hbond substituents is 1. The maximum atomic E-state index is 15.5. The Hall–Kier alpha value is -5.54. The molecule has 2 heterocycles. The first-order valence-corrected chi connectivity index (χ1v) is 18.8. The predicted molar refractivity (Wildman–Crippen MR) is 211 cm³/mol. The average Bonchev–Trinajstić information content (AvgIpc) is 3.59. The summed E-state index contributed by atoms with van der Waals surface area (Å²) in [5.41, 5.74) is 3.39. The molecule has 0 aromatic heterocycles. The number of benzene rings is 4. The minimum Gasteiger partial charge on any atom is -0.502 e. The molecule has 16 heteroatoms. The monoisotopic (exact) mass is 811 g/mol. The molecule has 2 aliphatic heterocycles. The summed E-state index contributed by atoms with van der Waals surface area (Å²) < 4.78 is 16.6. The van der Waals surface area contributed by atoms with E-state index in [4.69, 9.17) is 37.4 Å². The van der Waals surface area contributed by atoms with Crippen molar-refractivity contribution in [3.05, 3.63) is 112 Å². The van der Waals surface area contributed by atoms with Crippen molar-refractivity contribution >= 4 is 70.8 Å². The zero-order chi connectivity index (χ0) is 40.5. The number of carbonyl (C=O) groups excluding carboxylic acids is 4. The molecule has 0 spiro atoms. The van der Waals surface area contributed by atoms with E-state index < -0.39 is 65.8 Å². The molecule has 2 aliphatic carbocycles. The Bertz CT molecular complexity index is 2350. The van der Waals surface area contributed by atoms with Crippen molar-refractivity contribution in [1.82, 2.24) is 5.01 Å². The van der Waals surface area contributed by atoms with E-state index in [1.165, 1.54) is 45.6 Å². The second kappa shape index (κ2) is 14.4. The zero-order valence-electron chi connectivity index (χ0n) is 30.8. The molecule has 4 N–H and O–H groups in total. The fraction of sp³-hybridized carbons (Fsp3) is 0.268. The third kappa shape index (κ3) is 5.84. The van der Waals surface area contributed by atoms with Gasteiger partial charge in [0.25, 0.3) is 11.8 Å². The van der Waals surface area contributed by atoms with Crippen LogP contribution in [0.3, 0.4) is 0 Å². The highest BCUT2D eigenvalue weighted by Gasteiger charge is 2.70. The molecule has 6 unspecified atom stereocenters. The van der Waals surface area contributed by atoms with Gasteiger partial charge in [-0.25, -0.2) is 0 Å². The first kappa shape index (κ1) is 38.3. The number of rotatable bonds is 9. The molecule has 0 radical (unpaired) electrons. The lowest BCUT2D eigenvalue weighted by atomic mass is 9.49. The number of nitrogens with one attached hydrogen (secondary N) is 1. The summed E-state index contributed by atoms with van der Waals surface area (Å²) in [7, 11) is 2.44. The summed E-state index contributed by atoms with van der Waals surface area (Å²) in [5.74, 6) is -6.40. The molecule has 292 valence electrons. The number of imide groups is 2. The Morgan fingerprint density at radius 2 is 1.53 bits per heavy atom. The van der Waals surface area contributed by atoms with Gasteiger partial charge >= 0.3 is 7.12 Å². The molecule has 1 saturated carbocycles. The molecule has 4 aliphatic rings. The van der Waals surface area contributed by atoms with Crippen LogP contribution < -0.4 is 30.0 Å². The van der Waals surface area contributed by atoms with E-state index in [2.05, 4.69) is 5.43 Å². The number of halogens is 2. The topological polar surface area (TPSA) is 175 Å². The molecule has 0 bridgehead atoms. The summed E-state index contributed by atoms with van der Waals surface area (Å²) in [6, 6.07) is 20.6. The second-order valence-electron chi connectivity index (χ2n) is 14.5. The Balaban J connectivity index is 1.35. The summed E-state index contributed by atoms with van der Waals surface area (Å²) in [5, 5.41) is 32.2. The summed E-state index contributed by atoms with van der Waals surface area (Å²) >= 11 is 12.7. The number of hydrazine groups is 1. The highest BCUT2D eigenvalue weighted by Crippen LogP contribution is 2.65. The van der Waals surface area contributed by atoms with Crippen molar-refractivity contribution in [2.45, 2.75) is 24.2 Å². The van der Waals surface area contributed by atoms with Gasteiger partial charge in [0.05, 0.1) is 60.9 Å². The van der Waals surface area contributed by atoms with Crippen LogP contribution in [0.25, 0.3) is 0 Å². The lowest BCUT2D eigenvalue weighted by Gasteiger charge is -2.50. The van der Waals surface area contributed by atoms with Gasteiger partial charge in [0.2, 0.25) is 17.6 Å². The van der Waals surface area contributed by atoms with Crippen molar-refractivity contribution in [3.63, 3.8) is 0 Å². The van der Waals surface area contributed by atoms with E-state index in [0.717, 1.165) is 9.91 Å². The van der Waals surface area contributed by atoms with E-state index in [9.17, 15) is 24.7 Å². The molecule has 2 saturated heterocycles. The minimum absolute atomic E-state index is 0.00123. The molecule has 57 heavy (non-hydrogen) atoms. The largest absolute Gasteiger partial charge is 0.502 e. The van der Waals surface area contributed by atoms with Crippen LogP contribution in [0.15, 0.2) is 90.5 Å². The van der Waals surface area contributed by atoms with Crippen LogP contribution in [0.2, 0.25) is 10.0 Å². The Kier molecular flexibility index (Phi) is 9.72. The number of hydrogen-bond donors (Lipinski definition) is 4. The lowest BCUT2D eigenvalue weighted by molar-refractivity contribution is -0.138. The van der Waals surface area contributed by atoms with Gasteiger partial charge in [-0.1, -0.05) is 59.1 Å². The first-order chi connectivity index (χ1) is 27.3. The number of amides is 4. The Morgan fingerprint density at radius 3 is 2.16 bits per heavy atom. The van der Waals surface area contributed by atoms with E-state index >= 15 is 9.59 Å². The van der Waals surface area contributed by atoms with Crippen molar-refractivity contribution in [1.29, 1.82) is 0 Å². The highest BCUT2D eigenvalue weighted by atomic mass is 35.5. The molecule has 4 amide bonds. The van der Waals surface area contributed by atoms with Crippen LogP contribution in [0.1, 0.15) is 29.9 Å². The number of methoxy groups -OCH3 is 3. The smallest absolute Gasteiger partial charge is 0.488 e. The molecular weight excluding hydrogens is 776 g/mol. The van der Waals surface area contributed by atoms with Crippen molar-refractivity contribution in [2.24, 2.45) is 23.7 Å². The molecule has 4 aromatic rings. The van der Waals surface area contributed by atoms with Crippen LogP contribution in [-0.4, -0.2) is 72.2 Å². The van der Waals surface area contributed by atoms with Crippen LogP contribution >= 0.6 is 23.2 Å². The number of fused-ring (bicyclic) bond motifs is 4. The van der Waals surface area contributed by atoms with E-state index in [1.54, 1.807) is 54.6 Å². The third-order valence-corrected chi connectivity index (χ3v) is 12.4. The summed E-state index contributed by atoms with van der Waals surface area (Å²) in [6.07, 6.45) is 2.02. The van der Waals surface area contributed by atoms with Crippen molar-refractivity contribution < 1.29 is 48.5 Å². The van der Waals surface area contributed by atoms with Crippen LogP contribution in [0.5, 0.6) is 23.0 Å². The van der Waals surface area contributed by atoms with E-state index in [1.807, 2.05) is 6.08 Å². The number of phenols is 1. The zero-order valence-corrected chi connectivity index (χ0v) is 32.3. The van der Waals surface area contributed by atoms with Crippen molar-refractivity contribution in [2.75, 3.05) is 31.7 Å². The Labute approximate surface area is 337 Å². The molecule has 4 aromatic carbocycles. The van der Waals surface area contributed by atoms with Gasteiger partial charge in [-0.15, -0.1) is 0 Å². The molecular formula is C41H36BCl2N3O10. The highest BCUT2D eigenvalue weighted by molar-refractivity contribution is 6.58. The maximum Gasteiger partial charge on any atom is 0.488 e. The SMILES string of the molecule is COc1ccc(C23C(=O)N(Nc4ccc(Cl)cc4Cl)C(=O)C2CC2C(=CCC4C(=O)N(c5cccc(B(O)O)c5)C(=O)C42)C3c2cc(OC)c(O)c(OC)c2)cc1.